The zero-order valence-electron chi connectivity index (χ0n) is 15.4. The van der Waals surface area contributed by atoms with Crippen LogP contribution >= 0.6 is 0 Å². The molecule has 3 aliphatic carbocycles. The number of nitrogens with two attached hydrogens (primary N) is 2. The molecule has 3 aliphatic rings. The molecule has 4 atom stereocenters. The molecule has 0 spiro atoms. The standard InChI is InChI=1S/C19H19N3O7/c1-5-2-6-3-7-4-8-12(20)14(24)11(17(21)27)16(26)19(8,29)15(25)9(7)13(23)10(6)18(28)22-5/h2,7-8,12,23,26,29H,3-4,20H2,1H3,(H2,21,27)(H,22,28)/t7-,8-,12-,19-/m0/s1. The Labute approximate surface area is 163 Å². The number of rotatable bonds is 1. The fraction of sp³-hybridized carbons (Fsp3) is 0.368. The van der Waals surface area contributed by atoms with Crippen molar-refractivity contribution in [1.29, 1.82) is 0 Å². The average molecular weight is 401 g/mol. The van der Waals surface area contributed by atoms with Gasteiger partial charge < -0.3 is 31.8 Å². The van der Waals surface area contributed by atoms with E-state index in [1.807, 2.05) is 0 Å². The zero-order valence-corrected chi connectivity index (χ0v) is 15.4. The third-order valence-corrected chi connectivity index (χ3v) is 6.11. The van der Waals surface area contributed by atoms with Crippen LogP contribution in [0, 0.1) is 18.8 Å². The molecule has 1 amide bonds. The molecule has 152 valence electrons. The molecule has 0 saturated heterocycles. The average Bonchev–Trinajstić information content (AvgIpc) is 2.61. The fourth-order valence-corrected chi connectivity index (χ4v) is 4.80. The van der Waals surface area contributed by atoms with Gasteiger partial charge in [-0.2, -0.15) is 0 Å². The highest BCUT2D eigenvalue weighted by atomic mass is 16.3. The first-order chi connectivity index (χ1) is 13.5. The van der Waals surface area contributed by atoms with Gasteiger partial charge in [-0.25, -0.2) is 0 Å². The molecule has 10 heteroatoms. The number of aryl methyl sites for hydroxylation is 1. The summed E-state index contributed by atoms with van der Waals surface area (Å²) < 4.78 is 0. The van der Waals surface area contributed by atoms with Crippen LogP contribution in [0.3, 0.4) is 0 Å². The number of H-pyrrole nitrogens is 1. The van der Waals surface area contributed by atoms with Crippen LogP contribution in [-0.2, 0) is 20.8 Å². The van der Waals surface area contributed by atoms with Crippen molar-refractivity contribution >= 4 is 23.2 Å². The SMILES string of the molecule is Cc1cc2c(c(=O)[nH]1)C(O)=C1C(=O)[C@]3(O)C(O)=C(C(N)=O)C(=O)[C@@H](N)[C@@H]3C[C@@H]1C2. The van der Waals surface area contributed by atoms with Crippen molar-refractivity contribution in [1.82, 2.24) is 4.98 Å². The molecule has 1 fully saturated rings. The van der Waals surface area contributed by atoms with Gasteiger partial charge in [-0.1, -0.05) is 0 Å². The van der Waals surface area contributed by atoms with Crippen molar-refractivity contribution < 1.29 is 29.7 Å². The smallest absolute Gasteiger partial charge is 0.259 e. The molecular weight excluding hydrogens is 382 g/mol. The van der Waals surface area contributed by atoms with E-state index in [-0.39, 0.29) is 24.0 Å². The Kier molecular flexibility index (Phi) is 3.87. The molecule has 1 heterocycles. The maximum absolute atomic E-state index is 13.3. The van der Waals surface area contributed by atoms with E-state index in [4.69, 9.17) is 11.5 Å². The lowest BCUT2D eigenvalue weighted by Crippen LogP contribution is -2.65. The van der Waals surface area contributed by atoms with Gasteiger partial charge in [0.15, 0.2) is 11.4 Å². The first kappa shape index (κ1) is 19.1. The molecule has 0 bridgehead atoms. The molecular formula is C19H19N3O7. The van der Waals surface area contributed by atoms with Gasteiger partial charge in [-0.15, -0.1) is 0 Å². The van der Waals surface area contributed by atoms with Crippen LogP contribution in [0.5, 0.6) is 0 Å². The maximum Gasteiger partial charge on any atom is 0.259 e. The van der Waals surface area contributed by atoms with E-state index in [0.29, 0.717) is 11.3 Å². The Bertz CT molecular complexity index is 1130. The molecule has 0 unspecified atom stereocenters. The monoisotopic (exact) mass is 401 g/mol. The lowest BCUT2D eigenvalue weighted by atomic mass is 9.58. The molecule has 8 N–H and O–H groups in total. The summed E-state index contributed by atoms with van der Waals surface area (Å²) in [6, 6.07) is 0.220. The first-order valence-corrected chi connectivity index (χ1v) is 8.96. The second-order valence-corrected chi connectivity index (χ2v) is 7.76. The van der Waals surface area contributed by atoms with E-state index < -0.39 is 63.6 Å². The third kappa shape index (κ3) is 2.29. The summed E-state index contributed by atoms with van der Waals surface area (Å²) in [5.74, 6) is -7.04. The van der Waals surface area contributed by atoms with E-state index in [1.165, 1.54) is 0 Å². The van der Waals surface area contributed by atoms with Crippen LogP contribution in [-0.4, -0.2) is 49.4 Å². The Hall–Kier alpha value is -3.24. The number of aliphatic hydroxyl groups excluding tert-OH is 2. The molecule has 10 nitrogen and oxygen atoms in total. The summed E-state index contributed by atoms with van der Waals surface area (Å²) in [6.07, 6.45) is 0.168. The van der Waals surface area contributed by atoms with Crippen LogP contribution in [0.25, 0.3) is 5.76 Å². The van der Waals surface area contributed by atoms with Gasteiger partial charge in [0, 0.05) is 17.2 Å². The summed E-state index contributed by atoms with van der Waals surface area (Å²) in [4.78, 5) is 52.2. The predicted molar refractivity (Wildman–Crippen MR) is 98.4 cm³/mol. The second kappa shape index (κ2) is 5.88. The maximum atomic E-state index is 13.3. The number of Topliss-reactive ketones (excluding diaryl/α,β-unsaturated/α-hetero) is 2. The quantitative estimate of drug-likeness (QED) is 0.310. The molecule has 1 aromatic heterocycles. The Morgan fingerprint density at radius 2 is 1.93 bits per heavy atom. The number of amides is 1. The largest absolute Gasteiger partial charge is 0.508 e. The number of hydrogen-bond acceptors (Lipinski definition) is 8. The molecule has 4 rings (SSSR count). The Morgan fingerprint density at radius 3 is 2.55 bits per heavy atom. The Balaban J connectivity index is 1.97. The number of primary amides is 1. The van der Waals surface area contributed by atoms with Gasteiger partial charge in [0.05, 0.1) is 11.6 Å². The summed E-state index contributed by atoms with van der Waals surface area (Å²) in [7, 11) is 0. The Morgan fingerprint density at radius 1 is 1.28 bits per heavy atom. The minimum absolute atomic E-state index is 0.0318. The molecule has 29 heavy (non-hydrogen) atoms. The van der Waals surface area contributed by atoms with Crippen molar-refractivity contribution in [2.24, 2.45) is 23.3 Å². The van der Waals surface area contributed by atoms with Gasteiger partial charge >= 0.3 is 0 Å². The summed E-state index contributed by atoms with van der Waals surface area (Å²) in [5.41, 5.74) is 7.56. The van der Waals surface area contributed by atoms with Crippen LogP contribution in [0.4, 0.5) is 0 Å². The number of pyridine rings is 1. The molecule has 1 saturated carbocycles. The van der Waals surface area contributed by atoms with E-state index in [0.717, 1.165) is 0 Å². The normalized spacial score (nSPS) is 31.3. The first-order valence-electron chi connectivity index (χ1n) is 8.96. The minimum Gasteiger partial charge on any atom is -0.508 e. The van der Waals surface area contributed by atoms with E-state index >= 15 is 0 Å². The van der Waals surface area contributed by atoms with Gasteiger partial charge in [0.25, 0.3) is 11.5 Å². The minimum atomic E-state index is -2.70. The number of hydrogen-bond donors (Lipinski definition) is 6. The van der Waals surface area contributed by atoms with Crippen molar-refractivity contribution in [3.05, 3.63) is 50.1 Å². The van der Waals surface area contributed by atoms with Crippen LogP contribution in [0.1, 0.15) is 23.2 Å². The number of aliphatic hydroxyl groups is 3. The summed E-state index contributed by atoms with van der Waals surface area (Å²) in [5, 5.41) is 32.3. The summed E-state index contributed by atoms with van der Waals surface area (Å²) in [6.45, 7) is 1.67. The van der Waals surface area contributed by atoms with E-state index in [9.17, 15) is 34.5 Å². The van der Waals surface area contributed by atoms with E-state index in [1.54, 1.807) is 13.0 Å². The lowest BCUT2D eigenvalue weighted by Gasteiger charge is -2.47. The number of aromatic nitrogens is 1. The van der Waals surface area contributed by atoms with Crippen LogP contribution < -0.4 is 17.0 Å². The van der Waals surface area contributed by atoms with Crippen molar-refractivity contribution in [3.63, 3.8) is 0 Å². The fourth-order valence-electron chi connectivity index (χ4n) is 4.80. The number of carbonyl (C=O) groups excluding carboxylic acids is 3. The van der Waals surface area contributed by atoms with Gasteiger partial charge in [-0.3, -0.25) is 19.2 Å². The van der Waals surface area contributed by atoms with Crippen molar-refractivity contribution in [3.8, 4) is 0 Å². The zero-order chi connectivity index (χ0) is 21.4. The lowest BCUT2D eigenvalue weighted by molar-refractivity contribution is -0.149. The second-order valence-electron chi connectivity index (χ2n) is 7.76. The van der Waals surface area contributed by atoms with Gasteiger partial charge in [-0.05, 0) is 37.3 Å². The number of fused-ring (bicyclic) bond motifs is 3. The number of carbonyl (C=O) groups is 3. The molecule has 0 aliphatic heterocycles. The molecule has 0 aromatic carbocycles. The molecule has 0 radical (unpaired) electrons. The third-order valence-electron chi connectivity index (χ3n) is 6.11. The topological polar surface area (TPSA) is 197 Å². The van der Waals surface area contributed by atoms with Crippen LogP contribution in [0.2, 0.25) is 0 Å². The van der Waals surface area contributed by atoms with Gasteiger partial charge in [0.2, 0.25) is 5.78 Å². The number of nitrogens with one attached hydrogen (secondary N) is 1. The highest BCUT2D eigenvalue weighted by Crippen LogP contribution is 2.50. The van der Waals surface area contributed by atoms with E-state index in [2.05, 4.69) is 4.98 Å². The van der Waals surface area contributed by atoms with Crippen molar-refractivity contribution in [2.45, 2.75) is 31.4 Å². The molecule has 1 aromatic rings. The highest BCUT2D eigenvalue weighted by Gasteiger charge is 2.63. The number of aromatic amines is 1. The van der Waals surface area contributed by atoms with Gasteiger partial charge in [0.1, 0.15) is 17.1 Å². The van der Waals surface area contributed by atoms with Crippen LogP contribution in [0.15, 0.2) is 27.8 Å². The number of ketones is 2. The van der Waals surface area contributed by atoms with Crippen molar-refractivity contribution in [2.75, 3.05) is 0 Å². The summed E-state index contributed by atoms with van der Waals surface area (Å²) >= 11 is 0. The highest BCUT2D eigenvalue weighted by molar-refractivity contribution is 6.24. The predicted octanol–water partition coefficient (Wildman–Crippen LogP) is -1.35.